The molecule has 0 saturated carbocycles. The Morgan fingerprint density at radius 3 is 2.78 bits per heavy atom. The molecule has 7 heteroatoms. The van der Waals surface area contributed by atoms with Crippen molar-refractivity contribution in [2.45, 2.75) is 25.9 Å². The van der Waals surface area contributed by atoms with E-state index in [4.69, 9.17) is 9.84 Å². The Bertz CT molecular complexity index is 368. The summed E-state index contributed by atoms with van der Waals surface area (Å²) in [5.74, 6) is -0.531. The fraction of sp³-hybridized carbons (Fsp3) is 0.909. The number of hydrogen-bond acceptors (Lipinski definition) is 5. The number of carboxylic acid groups (broad SMARTS) is 1. The molecule has 0 spiro atoms. The number of sulfone groups is 1. The zero-order chi connectivity index (χ0) is 13.6. The minimum absolute atomic E-state index is 0.0296. The maximum atomic E-state index is 11.6. The maximum absolute atomic E-state index is 11.6. The standard InChI is InChI=1S/C11H21NO5S/c1-2-6-18(15,16)7-4-12-3-5-17-10(9-12)8-11(13)14/h10H,2-9H2,1H3,(H,13,14). The SMILES string of the molecule is CCCS(=O)(=O)CCN1CCOC(CC(=O)O)C1. The molecular formula is C11H21NO5S. The van der Waals surface area contributed by atoms with Gasteiger partial charge < -0.3 is 9.84 Å². The molecule has 18 heavy (non-hydrogen) atoms. The molecule has 0 amide bonds. The molecule has 1 fully saturated rings. The van der Waals surface area contributed by atoms with Gasteiger partial charge in [-0.25, -0.2) is 8.42 Å². The number of carbonyl (C=O) groups is 1. The molecule has 0 aromatic heterocycles. The average Bonchev–Trinajstić information content (AvgIpc) is 2.26. The Morgan fingerprint density at radius 1 is 1.44 bits per heavy atom. The second kappa shape index (κ2) is 7.06. The van der Waals surface area contributed by atoms with E-state index in [0.717, 1.165) is 0 Å². The number of ether oxygens (including phenoxy) is 1. The van der Waals surface area contributed by atoms with Crippen LogP contribution in [0.1, 0.15) is 19.8 Å². The van der Waals surface area contributed by atoms with Gasteiger partial charge in [-0.1, -0.05) is 6.92 Å². The molecule has 106 valence electrons. The second-order valence-corrected chi connectivity index (χ2v) is 6.85. The third kappa shape index (κ3) is 5.79. The van der Waals surface area contributed by atoms with Gasteiger partial charge in [0.25, 0.3) is 0 Å². The molecule has 0 aromatic rings. The second-order valence-electron chi connectivity index (χ2n) is 4.54. The third-order valence-electron chi connectivity index (χ3n) is 2.86. The number of hydrogen-bond donors (Lipinski definition) is 1. The topological polar surface area (TPSA) is 83.9 Å². The predicted octanol–water partition coefficient (Wildman–Crippen LogP) is -0.0133. The van der Waals surface area contributed by atoms with Crippen LogP contribution < -0.4 is 0 Å². The number of rotatable bonds is 7. The summed E-state index contributed by atoms with van der Waals surface area (Å²) in [5.41, 5.74) is 0. The van der Waals surface area contributed by atoms with Crippen LogP contribution in [-0.4, -0.2) is 68.2 Å². The zero-order valence-corrected chi connectivity index (χ0v) is 11.5. The highest BCUT2D eigenvalue weighted by Crippen LogP contribution is 2.09. The molecule has 1 saturated heterocycles. The van der Waals surface area contributed by atoms with Crippen LogP contribution in [0.3, 0.4) is 0 Å². The van der Waals surface area contributed by atoms with Crippen LogP contribution >= 0.6 is 0 Å². The minimum atomic E-state index is -2.97. The number of carboxylic acids is 1. The van der Waals surface area contributed by atoms with Crippen molar-refractivity contribution >= 4 is 15.8 Å². The largest absolute Gasteiger partial charge is 0.481 e. The molecule has 0 aliphatic carbocycles. The van der Waals surface area contributed by atoms with E-state index in [1.54, 1.807) is 0 Å². The lowest BCUT2D eigenvalue weighted by molar-refractivity contribution is -0.142. The van der Waals surface area contributed by atoms with Gasteiger partial charge in [0.2, 0.25) is 0 Å². The number of nitrogens with zero attached hydrogens (tertiary/aromatic N) is 1. The molecule has 1 unspecified atom stereocenters. The molecule has 0 radical (unpaired) electrons. The van der Waals surface area contributed by atoms with Crippen LogP contribution in [0, 0.1) is 0 Å². The van der Waals surface area contributed by atoms with Crippen molar-refractivity contribution in [3.05, 3.63) is 0 Å². The fourth-order valence-electron chi connectivity index (χ4n) is 1.98. The summed E-state index contributed by atoms with van der Waals surface area (Å²) in [6.45, 7) is 3.93. The lowest BCUT2D eigenvalue weighted by atomic mass is 10.2. The van der Waals surface area contributed by atoms with Crippen molar-refractivity contribution in [3.63, 3.8) is 0 Å². The Hall–Kier alpha value is -0.660. The Balaban J connectivity index is 2.36. The third-order valence-corrected chi connectivity index (χ3v) is 4.69. The molecule has 6 nitrogen and oxygen atoms in total. The van der Waals surface area contributed by atoms with Crippen LogP contribution in [0.15, 0.2) is 0 Å². The van der Waals surface area contributed by atoms with E-state index < -0.39 is 15.8 Å². The summed E-state index contributed by atoms with van der Waals surface area (Å²) in [5, 5.41) is 8.69. The Morgan fingerprint density at radius 2 is 2.17 bits per heavy atom. The van der Waals surface area contributed by atoms with Crippen LogP contribution in [-0.2, 0) is 19.4 Å². The van der Waals surface area contributed by atoms with Gasteiger partial charge in [0.05, 0.1) is 24.9 Å². The van der Waals surface area contributed by atoms with E-state index in [1.807, 2.05) is 11.8 Å². The van der Waals surface area contributed by atoms with E-state index in [-0.39, 0.29) is 24.0 Å². The molecule has 0 aromatic carbocycles. The Labute approximate surface area is 108 Å². The smallest absolute Gasteiger partial charge is 0.306 e. The molecule has 1 atom stereocenters. The number of morpholine rings is 1. The summed E-state index contributed by atoms with van der Waals surface area (Å²) in [4.78, 5) is 12.5. The lowest BCUT2D eigenvalue weighted by Crippen LogP contribution is -2.45. The maximum Gasteiger partial charge on any atom is 0.306 e. The molecular weight excluding hydrogens is 258 g/mol. The van der Waals surface area contributed by atoms with E-state index in [9.17, 15) is 13.2 Å². The van der Waals surface area contributed by atoms with Crippen LogP contribution in [0.4, 0.5) is 0 Å². The van der Waals surface area contributed by atoms with Crippen molar-refractivity contribution in [3.8, 4) is 0 Å². The summed E-state index contributed by atoms with van der Waals surface area (Å²) < 4.78 is 28.5. The first-order valence-corrected chi connectivity index (χ1v) is 8.01. The highest BCUT2D eigenvalue weighted by Gasteiger charge is 2.23. The van der Waals surface area contributed by atoms with Crippen molar-refractivity contribution < 1.29 is 23.1 Å². The molecule has 1 rings (SSSR count). The van der Waals surface area contributed by atoms with Crippen molar-refractivity contribution in [2.24, 2.45) is 0 Å². The van der Waals surface area contributed by atoms with Gasteiger partial charge in [-0.3, -0.25) is 9.69 Å². The zero-order valence-electron chi connectivity index (χ0n) is 10.7. The van der Waals surface area contributed by atoms with Gasteiger partial charge in [-0.2, -0.15) is 0 Å². The molecule has 1 N–H and O–H groups in total. The van der Waals surface area contributed by atoms with Gasteiger partial charge in [0, 0.05) is 25.4 Å². The Kier molecular flexibility index (Phi) is 6.04. The first-order chi connectivity index (χ1) is 8.43. The molecule has 1 aliphatic rings. The van der Waals surface area contributed by atoms with Crippen molar-refractivity contribution in [2.75, 3.05) is 37.7 Å². The lowest BCUT2D eigenvalue weighted by Gasteiger charge is -2.32. The van der Waals surface area contributed by atoms with Gasteiger partial charge in [-0.15, -0.1) is 0 Å². The predicted molar refractivity (Wildman–Crippen MR) is 67.4 cm³/mol. The minimum Gasteiger partial charge on any atom is -0.481 e. The van der Waals surface area contributed by atoms with E-state index in [1.165, 1.54) is 0 Å². The van der Waals surface area contributed by atoms with Crippen LogP contribution in [0.25, 0.3) is 0 Å². The first-order valence-electron chi connectivity index (χ1n) is 6.19. The fourth-order valence-corrected chi connectivity index (χ4v) is 3.35. The quantitative estimate of drug-likeness (QED) is 0.705. The monoisotopic (exact) mass is 279 g/mol. The van der Waals surface area contributed by atoms with E-state index >= 15 is 0 Å². The van der Waals surface area contributed by atoms with Crippen LogP contribution in [0.2, 0.25) is 0 Å². The normalized spacial score (nSPS) is 21.9. The van der Waals surface area contributed by atoms with Gasteiger partial charge in [-0.05, 0) is 6.42 Å². The first kappa shape index (κ1) is 15.4. The summed E-state index contributed by atoms with van der Waals surface area (Å²) in [6.07, 6.45) is 0.274. The van der Waals surface area contributed by atoms with E-state index in [0.29, 0.717) is 32.7 Å². The van der Waals surface area contributed by atoms with Crippen molar-refractivity contribution in [1.82, 2.24) is 4.90 Å². The molecule has 1 aliphatic heterocycles. The van der Waals surface area contributed by atoms with Gasteiger partial charge >= 0.3 is 5.97 Å². The highest BCUT2D eigenvalue weighted by molar-refractivity contribution is 7.91. The summed E-state index contributed by atoms with van der Waals surface area (Å²) in [6, 6.07) is 0. The summed E-state index contributed by atoms with van der Waals surface area (Å²) >= 11 is 0. The van der Waals surface area contributed by atoms with Gasteiger partial charge in [0.1, 0.15) is 0 Å². The van der Waals surface area contributed by atoms with E-state index in [2.05, 4.69) is 0 Å². The van der Waals surface area contributed by atoms with Crippen LogP contribution in [0.5, 0.6) is 0 Å². The summed E-state index contributed by atoms with van der Waals surface area (Å²) in [7, 11) is -2.97. The molecule has 1 heterocycles. The number of aliphatic carboxylic acids is 1. The highest BCUT2D eigenvalue weighted by atomic mass is 32.2. The average molecular weight is 279 g/mol. The molecule has 0 bridgehead atoms. The van der Waals surface area contributed by atoms with Gasteiger partial charge in [0.15, 0.2) is 9.84 Å². The van der Waals surface area contributed by atoms with Crippen molar-refractivity contribution in [1.29, 1.82) is 0 Å².